The van der Waals surface area contributed by atoms with Crippen LogP contribution >= 0.6 is 11.6 Å². The van der Waals surface area contributed by atoms with E-state index in [2.05, 4.69) is 5.32 Å². The van der Waals surface area contributed by atoms with Crippen LogP contribution in [0.2, 0.25) is 5.02 Å². The van der Waals surface area contributed by atoms with Crippen LogP contribution in [0.1, 0.15) is 66.1 Å². The number of methoxy groups -OCH3 is 2. The summed E-state index contributed by atoms with van der Waals surface area (Å²) in [7, 11) is 5.80. The number of likely N-dealkylation sites (N-methyl/N-ethyl adjacent to an activating group) is 1. The monoisotopic (exact) mass is 735 g/mol. The van der Waals surface area contributed by atoms with E-state index < -0.39 is 71.8 Å². The molecule has 282 valence electrons. The first kappa shape index (κ1) is 40.1. The molecule has 0 radical (unpaired) electrons. The smallest absolute Gasteiger partial charge is 0.409 e. The summed E-state index contributed by atoms with van der Waals surface area (Å²) in [6, 6.07) is 2.13. The Morgan fingerprint density at radius 1 is 1.20 bits per heavy atom. The molecule has 3 aliphatic rings. The largest absolute Gasteiger partial charge is 0.495 e. The van der Waals surface area contributed by atoms with Crippen LogP contribution in [0.25, 0.3) is 0 Å². The van der Waals surface area contributed by atoms with Gasteiger partial charge in [0, 0.05) is 39.5 Å². The van der Waals surface area contributed by atoms with E-state index in [1.807, 2.05) is 0 Å². The molecular formula is C36H50ClN3O11. The van der Waals surface area contributed by atoms with Crippen molar-refractivity contribution < 1.29 is 53.1 Å². The van der Waals surface area contributed by atoms with Gasteiger partial charge in [0.1, 0.15) is 46.8 Å². The number of amides is 3. The highest BCUT2D eigenvalue weighted by molar-refractivity contribution is 6.35. The zero-order chi connectivity index (χ0) is 38.2. The molecule has 1 aromatic rings. The van der Waals surface area contributed by atoms with Crippen LogP contribution in [0.3, 0.4) is 0 Å². The van der Waals surface area contributed by atoms with Gasteiger partial charge in [-0.05, 0) is 44.0 Å². The molecule has 3 N–H and O–H groups in total. The number of epoxide rings is 1. The summed E-state index contributed by atoms with van der Waals surface area (Å²) < 4.78 is 28.9. The highest BCUT2D eigenvalue weighted by Crippen LogP contribution is 2.49. The number of fused-ring (bicyclic) bond motifs is 5. The summed E-state index contributed by atoms with van der Waals surface area (Å²) in [5.74, 6) is -2.24. The molecule has 3 aliphatic heterocycles. The quantitative estimate of drug-likeness (QED) is 0.287. The number of rotatable bonds is 6. The molecule has 15 heteroatoms. The van der Waals surface area contributed by atoms with Crippen LogP contribution in [-0.4, -0.2) is 109 Å². The predicted octanol–water partition coefficient (Wildman–Crippen LogP) is 3.66. The van der Waals surface area contributed by atoms with Gasteiger partial charge in [-0.1, -0.05) is 50.6 Å². The van der Waals surface area contributed by atoms with E-state index in [0.717, 1.165) is 0 Å². The lowest BCUT2D eigenvalue weighted by atomic mass is 9.83. The Morgan fingerprint density at radius 3 is 2.47 bits per heavy atom. The first-order chi connectivity index (χ1) is 23.8. The Kier molecular flexibility index (Phi) is 12.2. The van der Waals surface area contributed by atoms with Crippen LogP contribution in [0.4, 0.5) is 10.5 Å². The van der Waals surface area contributed by atoms with Crippen molar-refractivity contribution in [2.45, 2.75) is 102 Å². The van der Waals surface area contributed by atoms with Crippen molar-refractivity contribution in [2.24, 2.45) is 11.8 Å². The molecule has 3 amide bonds. The minimum Gasteiger partial charge on any atom is -0.495 e. The zero-order valence-electron chi connectivity index (χ0n) is 30.8. The summed E-state index contributed by atoms with van der Waals surface area (Å²) in [5, 5.41) is 25.6. The molecule has 14 nitrogen and oxygen atoms in total. The first-order valence-electron chi connectivity index (χ1n) is 16.9. The van der Waals surface area contributed by atoms with E-state index in [4.69, 9.17) is 35.3 Å². The summed E-state index contributed by atoms with van der Waals surface area (Å²) >= 11 is 6.70. The van der Waals surface area contributed by atoms with Crippen LogP contribution in [0.15, 0.2) is 35.9 Å². The topological polar surface area (TPSA) is 177 Å². The van der Waals surface area contributed by atoms with Gasteiger partial charge in [-0.25, -0.2) is 9.59 Å². The lowest BCUT2D eigenvalue weighted by Gasteiger charge is -2.42. The number of benzene rings is 1. The SMILES string of the molecule is COc1cc2cc(c1Cl)N(C)C(=O)CC(OC(=O)C(C)N(C)C(=O)C(C)C)C1(C)OC1C(C)C1CC(O)(NC(=O)O1)C(OC)/C=C/C=C(\C)C2O. The van der Waals surface area contributed by atoms with Crippen molar-refractivity contribution in [1.29, 1.82) is 0 Å². The maximum atomic E-state index is 14.1. The Labute approximate surface area is 303 Å². The maximum Gasteiger partial charge on any atom is 0.409 e. The second-order valence-electron chi connectivity index (χ2n) is 14.1. The van der Waals surface area contributed by atoms with Gasteiger partial charge in [0.05, 0.1) is 25.3 Å². The molecule has 4 bridgehead atoms. The number of anilines is 1. The number of hydrogen-bond acceptors (Lipinski definition) is 11. The Hall–Kier alpha value is -3.69. The molecule has 51 heavy (non-hydrogen) atoms. The number of carbonyl (C=O) groups excluding carboxylic acids is 4. The minimum absolute atomic E-state index is 0.0978. The standard InChI is InChI=1S/C36H50ClN3O11/c1-18(2)32(43)39(7)21(5)33(44)50-27-16-28(41)40(8)23-14-22(15-24(47-9)29(23)37)30(42)19(3)12-11-13-26(48-10)36(46)17-25(49-34(45)38-36)20(4)31-35(27,6)51-31/h11-15,18,20-21,25-27,30-31,42,46H,16-17H2,1-10H3,(H,38,45)/b13-11+,19-12+. The Bertz CT molecular complexity index is 1580. The van der Waals surface area contributed by atoms with Crippen molar-refractivity contribution in [2.75, 3.05) is 33.2 Å². The summed E-state index contributed by atoms with van der Waals surface area (Å²) in [4.78, 5) is 55.8. The summed E-state index contributed by atoms with van der Waals surface area (Å²) in [6.07, 6.45) is -1.50. The number of alkyl carbamates (subject to hydrolysis) is 1. The number of aliphatic hydroxyl groups excluding tert-OH is 1. The first-order valence-corrected chi connectivity index (χ1v) is 17.2. The molecule has 3 heterocycles. The fourth-order valence-corrected chi connectivity index (χ4v) is 6.90. The van der Waals surface area contributed by atoms with E-state index in [-0.39, 0.29) is 41.1 Å². The third-order valence-corrected chi connectivity index (χ3v) is 10.6. The van der Waals surface area contributed by atoms with Gasteiger partial charge < -0.3 is 43.7 Å². The Morgan fingerprint density at radius 2 is 1.86 bits per heavy atom. The number of esters is 1. The fourth-order valence-electron chi connectivity index (χ4n) is 6.58. The third-order valence-electron chi connectivity index (χ3n) is 10.2. The number of ether oxygens (including phenoxy) is 5. The number of halogens is 1. The molecule has 0 aliphatic carbocycles. The van der Waals surface area contributed by atoms with Crippen molar-refractivity contribution in [3.05, 3.63) is 46.5 Å². The lowest BCUT2D eigenvalue weighted by molar-refractivity contribution is -0.162. The van der Waals surface area contributed by atoms with E-state index >= 15 is 0 Å². The maximum absolute atomic E-state index is 14.1. The van der Waals surface area contributed by atoms with Gasteiger partial charge in [0.25, 0.3) is 0 Å². The third kappa shape index (κ3) is 8.20. The molecular weight excluding hydrogens is 686 g/mol. The van der Waals surface area contributed by atoms with Crippen LogP contribution < -0.4 is 15.0 Å². The van der Waals surface area contributed by atoms with E-state index in [1.54, 1.807) is 65.0 Å². The van der Waals surface area contributed by atoms with Crippen molar-refractivity contribution in [1.82, 2.24) is 10.2 Å². The van der Waals surface area contributed by atoms with Gasteiger partial charge in [-0.15, -0.1) is 0 Å². The van der Waals surface area contributed by atoms with Crippen LogP contribution in [0.5, 0.6) is 5.75 Å². The van der Waals surface area contributed by atoms with Crippen LogP contribution in [0, 0.1) is 11.8 Å². The Balaban J connectivity index is 1.81. The molecule has 2 saturated heterocycles. The zero-order valence-corrected chi connectivity index (χ0v) is 31.5. The molecule has 0 spiro atoms. The lowest BCUT2D eigenvalue weighted by Crippen LogP contribution is -2.63. The minimum atomic E-state index is -1.89. The van der Waals surface area contributed by atoms with Gasteiger partial charge in [0.2, 0.25) is 11.8 Å². The van der Waals surface area contributed by atoms with Crippen molar-refractivity contribution in [3.8, 4) is 5.75 Å². The second kappa shape index (κ2) is 15.5. The average molecular weight is 736 g/mol. The number of allylic oxidation sites excluding steroid dienone is 2. The highest BCUT2D eigenvalue weighted by atomic mass is 35.5. The number of nitrogens with zero attached hydrogens (tertiary/aromatic N) is 2. The molecule has 1 aromatic carbocycles. The molecule has 4 rings (SSSR count). The molecule has 9 atom stereocenters. The van der Waals surface area contributed by atoms with Crippen molar-refractivity contribution >= 4 is 41.2 Å². The predicted molar refractivity (Wildman–Crippen MR) is 187 cm³/mol. The fraction of sp³-hybridized carbons (Fsp3) is 0.611. The van der Waals surface area contributed by atoms with Crippen LogP contribution in [-0.2, 0) is 33.3 Å². The van der Waals surface area contributed by atoms with Gasteiger partial charge in [0.15, 0.2) is 5.72 Å². The summed E-state index contributed by atoms with van der Waals surface area (Å²) in [6.45, 7) is 10.1. The normalized spacial score (nSPS) is 33.5. The summed E-state index contributed by atoms with van der Waals surface area (Å²) in [5.41, 5.74) is -2.04. The molecule has 9 unspecified atom stereocenters. The highest BCUT2D eigenvalue weighted by Gasteiger charge is 2.64. The van der Waals surface area contributed by atoms with Gasteiger partial charge >= 0.3 is 12.1 Å². The molecule has 0 aromatic heterocycles. The molecule has 2 fully saturated rings. The van der Waals surface area contributed by atoms with Gasteiger partial charge in [-0.2, -0.15) is 0 Å². The van der Waals surface area contributed by atoms with E-state index in [9.17, 15) is 29.4 Å². The van der Waals surface area contributed by atoms with E-state index in [1.165, 1.54) is 45.0 Å². The number of nitrogens with one attached hydrogen (secondary N) is 1. The number of hydrogen-bond donors (Lipinski definition) is 3. The van der Waals surface area contributed by atoms with Gasteiger partial charge in [-0.3, -0.25) is 14.9 Å². The van der Waals surface area contributed by atoms with E-state index in [0.29, 0.717) is 11.1 Å². The van der Waals surface area contributed by atoms with Crippen molar-refractivity contribution in [3.63, 3.8) is 0 Å². The second-order valence-corrected chi connectivity index (χ2v) is 14.4. The average Bonchev–Trinajstić information content (AvgIpc) is 3.78. The molecule has 0 saturated carbocycles. The number of aliphatic hydroxyl groups is 2. The number of carbonyl (C=O) groups is 4.